The smallest absolute Gasteiger partial charge is 0.409 e. The lowest BCUT2D eigenvalue weighted by molar-refractivity contribution is -0.384. The van der Waals surface area contributed by atoms with Gasteiger partial charge in [0.05, 0.1) is 10.6 Å². The van der Waals surface area contributed by atoms with Crippen LogP contribution in [0.3, 0.4) is 0 Å². The molecule has 0 unspecified atom stereocenters. The standard InChI is InChI=1S/C17H14N2O4/c1-11-3-8-15-14(9-11)16(23-17(20)18(15)2)10-12-4-6-13(7-5-12)19(21)22/h3-10H,1-2H3/b16-10-. The number of nitro groups is 1. The van der Waals surface area contributed by atoms with E-state index >= 15 is 0 Å². The Hall–Kier alpha value is -3.15. The lowest BCUT2D eigenvalue weighted by Crippen LogP contribution is -2.31. The Morgan fingerprint density at radius 3 is 2.52 bits per heavy atom. The topological polar surface area (TPSA) is 72.7 Å². The van der Waals surface area contributed by atoms with Crippen LogP contribution in [-0.4, -0.2) is 18.1 Å². The van der Waals surface area contributed by atoms with Crippen molar-refractivity contribution < 1.29 is 14.5 Å². The number of rotatable bonds is 2. The van der Waals surface area contributed by atoms with E-state index in [4.69, 9.17) is 4.74 Å². The van der Waals surface area contributed by atoms with E-state index in [1.807, 2.05) is 25.1 Å². The van der Waals surface area contributed by atoms with Gasteiger partial charge < -0.3 is 4.74 Å². The number of benzene rings is 2. The summed E-state index contributed by atoms with van der Waals surface area (Å²) in [6.45, 7) is 1.96. The van der Waals surface area contributed by atoms with Gasteiger partial charge in [0.1, 0.15) is 5.76 Å². The highest BCUT2D eigenvalue weighted by molar-refractivity contribution is 6.01. The number of carbonyl (C=O) groups is 1. The number of carbonyl (C=O) groups excluding carboxylic acids is 1. The van der Waals surface area contributed by atoms with Crippen molar-refractivity contribution >= 4 is 29.3 Å². The second-order valence-corrected chi connectivity index (χ2v) is 5.30. The van der Waals surface area contributed by atoms with E-state index < -0.39 is 11.0 Å². The zero-order valence-electron chi connectivity index (χ0n) is 12.6. The lowest BCUT2D eigenvalue weighted by Gasteiger charge is -2.27. The van der Waals surface area contributed by atoms with Gasteiger partial charge in [-0.05, 0) is 42.8 Å². The Bertz CT molecular complexity index is 825. The minimum Gasteiger partial charge on any atom is -0.409 e. The number of hydrogen-bond donors (Lipinski definition) is 0. The molecule has 23 heavy (non-hydrogen) atoms. The summed E-state index contributed by atoms with van der Waals surface area (Å²) in [5.41, 5.74) is 3.36. The van der Waals surface area contributed by atoms with Crippen molar-refractivity contribution in [2.24, 2.45) is 0 Å². The van der Waals surface area contributed by atoms with Crippen LogP contribution < -0.4 is 4.90 Å². The fourth-order valence-corrected chi connectivity index (χ4v) is 2.41. The number of cyclic esters (lactones) is 1. The molecule has 0 aliphatic carbocycles. The third-order valence-corrected chi connectivity index (χ3v) is 3.65. The van der Waals surface area contributed by atoms with E-state index in [0.29, 0.717) is 5.76 Å². The van der Waals surface area contributed by atoms with Crippen LogP contribution in [0.25, 0.3) is 11.8 Å². The number of amides is 1. The summed E-state index contributed by atoms with van der Waals surface area (Å²) in [5, 5.41) is 10.7. The Balaban J connectivity index is 2.05. The van der Waals surface area contributed by atoms with Gasteiger partial charge in [0.15, 0.2) is 0 Å². The fourth-order valence-electron chi connectivity index (χ4n) is 2.41. The number of anilines is 1. The maximum atomic E-state index is 12.0. The van der Waals surface area contributed by atoms with Crippen molar-refractivity contribution in [1.82, 2.24) is 0 Å². The molecule has 2 aromatic carbocycles. The summed E-state index contributed by atoms with van der Waals surface area (Å²) in [4.78, 5) is 23.7. The maximum Gasteiger partial charge on any atom is 0.419 e. The molecule has 0 bridgehead atoms. The van der Waals surface area contributed by atoms with Gasteiger partial charge in [-0.25, -0.2) is 4.79 Å². The third kappa shape index (κ3) is 2.78. The number of hydrogen-bond acceptors (Lipinski definition) is 4. The minimum absolute atomic E-state index is 0.0174. The summed E-state index contributed by atoms with van der Waals surface area (Å²) in [7, 11) is 1.65. The SMILES string of the molecule is Cc1ccc2c(c1)/C(=C/c1ccc([N+](=O)[O-])cc1)OC(=O)N2C. The maximum absolute atomic E-state index is 12.0. The largest absolute Gasteiger partial charge is 0.419 e. The van der Waals surface area contributed by atoms with Gasteiger partial charge in [-0.1, -0.05) is 11.6 Å². The molecule has 1 amide bonds. The summed E-state index contributed by atoms with van der Waals surface area (Å²) in [6, 6.07) is 11.8. The molecular formula is C17H14N2O4. The molecule has 0 saturated carbocycles. The van der Waals surface area contributed by atoms with Crippen molar-refractivity contribution in [3.63, 3.8) is 0 Å². The molecule has 0 aromatic heterocycles. The number of fused-ring (bicyclic) bond motifs is 1. The van der Waals surface area contributed by atoms with Gasteiger partial charge in [0.2, 0.25) is 0 Å². The first kappa shape index (κ1) is 14.8. The van der Waals surface area contributed by atoms with E-state index in [1.54, 1.807) is 25.3 Å². The molecule has 0 N–H and O–H groups in total. The van der Waals surface area contributed by atoms with Crippen LogP contribution in [0.15, 0.2) is 42.5 Å². The fraction of sp³-hybridized carbons (Fsp3) is 0.118. The van der Waals surface area contributed by atoms with E-state index in [0.717, 1.165) is 22.4 Å². The van der Waals surface area contributed by atoms with Gasteiger partial charge in [0, 0.05) is 24.7 Å². The first-order chi connectivity index (χ1) is 11.0. The number of nitrogens with zero attached hydrogens (tertiary/aromatic N) is 2. The number of nitro benzene ring substituents is 1. The highest BCUT2D eigenvalue weighted by atomic mass is 16.6. The molecule has 0 radical (unpaired) electrons. The molecule has 0 atom stereocenters. The monoisotopic (exact) mass is 310 g/mol. The van der Waals surface area contributed by atoms with Crippen molar-refractivity contribution in [1.29, 1.82) is 0 Å². The van der Waals surface area contributed by atoms with Crippen molar-refractivity contribution in [2.45, 2.75) is 6.92 Å². The molecule has 1 aliphatic heterocycles. The Morgan fingerprint density at radius 2 is 1.87 bits per heavy atom. The van der Waals surface area contributed by atoms with Gasteiger partial charge in [-0.3, -0.25) is 15.0 Å². The average Bonchev–Trinajstić information content (AvgIpc) is 2.53. The van der Waals surface area contributed by atoms with Crippen LogP contribution in [0.4, 0.5) is 16.2 Å². The number of aryl methyl sites for hydroxylation is 1. The second-order valence-electron chi connectivity index (χ2n) is 5.30. The Labute approximate surface area is 132 Å². The molecule has 0 fully saturated rings. The van der Waals surface area contributed by atoms with E-state index in [9.17, 15) is 14.9 Å². The highest BCUT2D eigenvalue weighted by Crippen LogP contribution is 2.35. The number of ether oxygens (including phenoxy) is 1. The molecule has 116 valence electrons. The first-order valence-electron chi connectivity index (χ1n) is 6.98. The molecule has 1 aliphatic rings. The Kier molecular flexibility index (Phi) is 3.57. The highest BCUT2D eigenvalue weighted by Gasteiger charge is 2.26. The van der Waals surface area contributed by atoms with Gasteiger partial charge in [-0.15, -0.1) is 0 Å². The predicted octanol–water partition coefficient (Wildman–Crippen LogP) is 3.99. The zero-order valence-corrected chi connectivity index (χ0v) is 12.6. The average molecular weight is 310 g/mol. The van der Waals surface area contributed by atoms with Crippen LogP contribution in [0, 0.1) is 17.0 Å². The van der Waals surface area contributed by atoms with E-state index in [-0.39, 0.29) is 5.69 Å². The zero-order chi connectivity index (χ0) is 16.6. The van der Waals surface area contributed by atoms with E-state index in [2.05, 4.69) is 0 Å². The molecule has 6 heteroatoms. The van der Waals surface area contributed by atoms with Crippen LogP contribution in [0.2, 0.25) is 0 Å². The molecular weight excluding hydrogens is 296 g/mol. The molecule has 1 heterocycles. The lowest BCUT2D eigenvalue weighted by atomic mass is 10.0. The minimum atomic E-state index is -0.463. The Morgan fingerprint density at radius 1 is 1.17 bits per heavy atom. The summed E-state index contributed by atoms with van der Waals surface area (Å²) in [5.74, 6) is 0.431. The third-order valence-electron chi connectivity index (χ3n) is 3.65. The van der Waals surface area contributed by atoms with Crippen molar-refractivity contribution in [3.05, 3.63) is 69.3 Å². The summed E-state index contributed by atoms with van der Waals surface area (Å²) in [6.07, 6.45) is 1.24. The summed E-state index contributed by atoms with van der Waals surface area (Å²) < 4.78 is 5.38. The molecule has 2 aromatic rings. The van der Waals surface area contributed by atoms with Crippen LogP contribution in [-0.2, 0) is 4.74 Å². The van der Waals surface area contributed by atoms with Crippen LogP contribution in [0.5, 0.6) is 0 Å². The normalized spacial score (nSPS) is 15.3. The van der Waals surface area contributed by atoms with E-state index in [1.165, 1.54) is 17.0 Å². The second kappa shape index (κ2) is 5.57. The van der Waals surface area contributed by atoms with Crippen LogP contribution in [0.1, 0.15) is 16.7 Å². The summed E-state index contributed by atoms with van der Waals surface area (Å²) >= 11 is 0. The molecule has 6 nitrogen and oxygen atoms in total. The molecule has 3 rings (SSSR count). The van der Waals surface area contributed by atoms with Crippen molar-refractivity contribution in [2.75, 3.05) is 11.9 Å². The number of non-ortho nitro benzene ring substituents is 1. The van der Waals surface area contributed by atoms with Gasteiger partial charge in [0.25, 0.3) is 5.69 Å². The first-order valence-corrected chi connectivity index (χ1v) is 6.98. The van der Waals surface area contributed by atoms with Gasteiger partial charge in [-0.2, -0.15) is 0 Å². The van der Waals surface area contributed by atoms with Gasteiger partial charge >= 0.3 is 6.09 Å². The predicted molar refractivity (Wildman–Crippen MR) is 87.0 cm³/mol. The van der Waals surface area contributed by atoms with Crippen molar-refractivity contribution in [3.8, 4) is 0 Å². The molecule has 0 spiro atoms. The van der Waals surface area contributed by atoms with Crippen LogP contribution >= 0.6 is 0 Å². The molecule has 0 saturated heterocycles. The quantitative estimate of drug-likeness (QED) is 0.621.